The third kappa shape index (κ3) is 4.80. The highest BCUT2D eigenvalue weighted by Crippen LogP contribution is 2.18. The molecule has 0 aromatic heterocycles. The molecule has 112 valence electrons. The zero-order chi connectivity index (χ0) is 15.1. The fraction of sp³-hybridized carbons (Fsp3) is 0.471. The third-order valence-corrected chi connectivity index (χ3v) is 3.71. The Hall–Kier alpha value is -1.99. The molecule has 4 nitrogen and oxygen atoms in total. The molecule has 1 aliphatic rings. The molecule has 3 N–H and O–H groups in total. The van der Waals surface area contributed by atoms with Gasteiger partial charge < -0.3 is 16.0 Å². The van der Waals surface area contributed by atoms with E-state index in [0.29, 0.717) is 19.1 Å². The number of carbonyl (C=O) groups is 1. The summed E-state index contributed by atoms with van der Waals surface area (Å²) in [4.78, 5) is 13.8. The lowest BCUT2D eigenvalue weighted by atomic mass is 10.1. The minimum atomic E-state index is 0.000320. The first kappa shape index (κ1) is 15.4. The lowest BCUT2D eigenvalue weighted by Crippen LogP contribution is -2.41. The zero-order valence-electron chi connectivity index (χ0n) is 12.6. The number of nitrogens with one attached hydrogen (secondary N) is 1. The molecule has 0 atom stereocenters. The van der Waals surface area contributed by atoms with Crippen LogP contribution in [0.5, 0.6) is 0 Å². The van der Waals surface area contributed by atoms with Crippen LogP contribution in [0.2, 0.25) is 0 Å². The van der Waals surface area contributed by atoms with Crippen LogP contribution in [-0.4, -0.2) is 30.6 Å². The van der Waals surface area contributed by atoms with Gasteiger partial charge in [-0.05, 0) is 30.5 Å². The van der Waals surface area contributed by atoms with Gasteiger partial charge in [0.2, 0.25) is 0 Å². The SMILES string of the molecule is CN(Cc1cccc(C#CCN)c1)C(=O)NC1CCCC1. The number of hydrogen-bond acceptors (Lipinski definition) is 2. The van der Waals surface area contributed by atoms with Crippen molar-refractivity contribution in [3.63, 3.8) is 0 Å². The van der Waals surface area contributed by atoms with Crippen molar-refractivity contribution in [2.75, 3.05) is 13.6 Å². The molecule has 0 bridgehead atoms. The summed E-state index contributed by atoms with van der Waals surface area (Å²) in [6.07, 6.45) is 4.64. The Labute approximate surface area is 126 Å². The van der Waals surface area contributed by atoms with Gasteiger partial charge in [0.05, 0.1) is 6.54 Å². The Kier molecular flexibility index (Phi) is 5.65. The maximum absolute atomic E-state index is 12.1. The van der Waals surface area contributed by atoms with Gasteiger partial charge in [-0.2, -0.15) is 0 Å². The number of carbonyl (C=O) groups excluding carboxylic acids is 1. The van der Waals surface area contributed by atoms with Crippen molar-refractivity contribution in [3.8, 4) is 11.8 Å². The Morgan fingerprint density at radius 2 is 2.19 bits per heavy atom. The summed E-state index contributed by atoms with van der Waals surface area (Å²) in [6.45, 7) is 0.935. The predicted octanol–water partition coefficient (Wildman–Crippen LogP) is 2.08. The molecule has 1 fully saturated rings. The molecule has 0 saturated heterocycles. The molecule has 0 spiro atoms. The minimum Gasteiger partial charge on any atom is -0.335 e. The lowest BCUT2D eigenvalue weighted by molar-refractivity contribution is 0.203. The quantitative estimate of drug-likeness (QED) is 0.835. The van der Waals surface area contributed by atoms with Crippen molar-refractivity contribution in [2.24, 2.45) is 5.73 Å². The smallest absolute Gasteiger partial charge is 0.317 e. The molecule has 21 heavy (non-hydrogen) atoms. The molecule has 0 unspecified atom stereocenters. The molecular formula is C17H23N3O. The fourth-order valence-corrected chi connectivity index (χ4v) is 2.60. The predicted molar refractivity (Wildman–Crippen MR) is 84.6 cm³/mol. The van der Waals surface area contributed by atoms with Crippen LogP contribution < -0.4 is 11.1 Å². The van der Waals surface area contributed by atoms with Gasteiger partial charge >= 0.3 is 6.03 Å². The van der Waals surface area contributed by atoms with Gasteiger partial charge in [0.25, 0.3) is 0 Å². The first-order valence-electron chi connectivity index (χ1n) is 7.48. The number of amides is 2. The Morgan fingerprint density at radius 1 is 1.43 bits per heavy atom. The van der Waals surface area contributed by atoms with Gasteiger partial charge in [-0.3, -0.25) is 0 Å². The molecule has 1 aromatic carbocycles. The Balaban J connectivity index is 1.91. The van der Waals surface area contributed by atoms with E-state index in [2.05, 4.69) is 17.2 Å². The van der Waals surface area contributed by atoms with Crippen molar-refractivity contribution < 1.29 is 4.79 Å². The van der Waals surface area contributed by atoms with Gasteiger partial charge in [0.1, 0.15) is 0 Å². The average molecular weight is 285 g/mol. The van der Waals surface area contributed by atoms with Crippen molar-refractivity contribution in [3.05, 3.63) is 35.4 Å². The monoisotopic (exact) mass is 285 g/mol. The number of nitrogens with zero attached hydrogens (tertiary/aromatic N) is 1. The first-order chi connectivity index (χ1) is 10.2. The van der Waals surface area contributed by atoms with Crippen molar-refractivity contribution >= 4 is 6.03 Å². The van der Waals surface area contributed by atoms with Crippen LogP contribution >= 0.6 is 0 Å². The molecule has 0 aliphatic heterocycles. The van der Waals surface area contributed by atoms with E-state index in [4.69, 9.17) is 5.73 Å². The molecule has 1 aromatic rings. The zero-order valence-corrected chi connectivity index (χ0v) is 12.6. The van der Waals surface area contributed by atoms with Crippen LogP contribution in [0.4, 0.5) is 4.79 Å². The second-order valence-electron chi connectivity index (χ2n) is 5.49. The maximum Gasteiger partial charge on any atom is 0.317 e. The third-order valence-electron chi connectivity index (χ3n) is 3.71. The second kappa shape index (κ2) is 7.70. The van der Waals surface area contributed by atoms with Crippen LogP contribution in [0, 0.1) is 11.8 Å². The standard InChI is InChI=1S/C17H23N3O/c1-20(17(21)19-16-9-2-3-10-16)13-15-7-4-6-14(12-15)8-5-11-18/h4,6-7,12,16H,2-3,9-11,13,18H2,1H3,(H,19,21). The largest absolute Gasteiger partial charge is 0.335 e. The number of nitrogens with two attached hydrogens (primary N) is 1. The number of hydrogen-bond donors (Lipinski definition) is 2. The highest BCUT2D eigenvalue weighted by molar-refractivity contribution is 5.74. The molecule has 1 saturated carbocycles. The Bertz CT molecular complexity index is 538. The summed E-state index contributed by atoms with van der Waals surface area (Å²) in [5.74, 6) is 5.85. The number of rotatable bonds is 3. The van der Waals surface area contributed by atoms with Gasteiger partial charge in [-0.15, -0.1) is 0 Å². The Morgan fingerprint density at radius 3 is 2.90 bits per heavy atom. The highest BCUT2D eigenvalue weighted by atomic mass is 16.2. The van der Waals surface area contributed by atoms with Crippen molar-refractivity contribution in [1.82, 2.24) is 10.2 Å². The summed E-state index contributed by atoms with van der Waals surface area (Å²) in [5, 5.41) is 3.09. The second-order valence-corrected chi connectivity index (χ2v) is 5.49. The van der Waals surface area contributed by atoms with Gasteiger partial charge in [0.15, 0.2) is 0 Å². The minimum absolute atomic E-state index is 0.000320. The van der Waals surface area contributed by atoms with E-state index in [1.807, 2.05) is 31.3 Å². The maximum atomic E-state index is 12.1. The summed E-state index contributed by atoms with van der Waals surface area (Å²) in [7, 11) is 1.82. The molecule has 2 amide bonds. The molecule has 0 radical (unpaired) electrons. The molecule has 0 heterocycles. The van der Waals surface area contributed by atoms with E-state index >= 15 is 0 Å². The molecule has 1 aliphatic carbocycles. The van der Waals surface area contributed by atoms with E-state index in [-0.39, 0.29) is 6.03 Å². The van der Waals surface area contributed by atoms with E-state index < -0.39 is 0 Å². The van der Waals surface area contributed by atoms with Gasteiger partial charge in [0, 0.05) is 25.2 Å². The number of benzene rings is 1. The molecule has 2 rings (SSSR count). The summed E-state index contributed by atoms with van der Waals surface area (Å²) >= 11 is 0. The molecule has 4 heteroatoms. The summed E-state index contributed by atoms with van der Waals surface area (Å²) < 4.78 is 0. The average Bonchev–Trinajstić information content (AvgIpc) is 2.98. The first-order valence-corrected chi connectivity index (χ1v) is 7.48. The van der Waals surface area contributed by atoms with Crippen LogP contribution in [0.25, 0.3) is 0 Å². The van der Waals surface area contributed by atoms with Gasteiger partial charge in [-0.1, -0.05) is 36.8 Å². The highest BCUT2D eigenvalue weighted by Gasteiger charge is 2.19. The fourth-order valence-electron chi connectivity index (χ4n) is 2.60. The van der Waals surface area contributed by atoms with Crippen molar-refractivity contribution in [2.45, 2.75) is 38.3 Å². The van der Waals surface area contributed by atoms with Crippen molar-refractivity contribution in [1.29, 1.82) is 0 Å². The van der Waals surface area contributed by atoms with Crippen LogP contribution in [0.1, 0.15) is 36.8 Å². The van der Waals surface area contributed by atoms with Crippen LogP contribution in [0.3, 0.4) is 0 Å². The topological polar surface area (TPSA) is 58.4 Å². The summed E-state index contributed by atoms with van der Waals surface area (Å²) in [6, 6.07) is 8.26. The van der Waals surface area contributed by atoms with E-state index in [1.165, 1.54) is 12.8 Å². The summed E-state index contributed by atoms with van der Waals surface area (Å²) in [5.41, 5.74) is 7.38. The number of urea groups is 1. The van der Waals surface area contributed by atoms with E-state index in [0.717, 1.165) is 24.0 Å². The van der Waals surface area contributed by atoms with E-state index in [9.17, 15) is 4.79 Å². The van der Waals surface area contributed by atoms with Crippen LogP contribution in [-0.2, 0) is 6.54 Å². The van der Waals surface area contributed by atoms with E-state index in [1.54, 1.807) is 4.90 Å². The molecular weight excluding hydrogens is 262 g/mol. The normalized spacial score (nSPS) is 14.4. The van der Waals surface area contributed by atoms with Crippen LogP contribution in [0.15, 0.2) is 24.3 Å². The van der Waals surface area contributed by atoms with Gasteiger partial charge in [-0.25, -0.2) is 4.79 Å². The lowest BCUT2D eigenvalue weighted by Gasteiger charge is -2.21.